The maximum Gasteiger partial charge on any atom is 0.317 e. The second-order valence-corrected chi connectivity index (χ2v) is 7.19. The summed E-state index contributed by atoms with van der Waals surface area (Å²) in [6.07, 6.45) is 0. The van der Waals surface area contributed by atoms with Crippen molar-refractivity contribution in [3.8, 4) is 0 Å². The summed E-state index contributed by atoms with van der Waals surface area (Å²) in [5, 5.41) is 11.5. The number of hydrogen-bond donors (Lipinski definition) is 3. The SMILES string of the molecule is CCNS(=O)(=O)c1ccc(CNC(=O)N(C)CC(C)C(=O)O)cc1. The van der Waals surface area contributed by atoms with E-state index >= 15 is 0 Å². The molecule has 134 valence electrons. The summed E-state index contributed by atoms with van der Waals surface area (Å²) in [6.45, 7) is 3.84. The first-order valence-corrected chi connectivity index (χ1v) is 8.96. The molecule has 0 saturated heterocycles. The van der Waals surface area contributed by atoms with Crippen LogP contribution in [0.25, 0.3) is 0 Å². The number of benzene rings is 1. The normalized spacial score (nSPS) is 12.5. The van der Waals surface area contributed by atoms with Gasteiger partial charge in [-0.1, -0.05) is 26.0 Å². The van der Waals surface area contributed by atoms with E-state index in [9.17, 15) is 18.0 Å². The molecule has 2 amide bonds. The fraction of sp³-hybridized carbons (Fsp3) is 0.467. The van der Waals surface area contributed by atoms with Crippen molar-refractivity contribution in [2.45, 2.75) is 25.3 Å². The van der Waals surface area contributed by atoms with Gasteiger partial charge in [0.25, 0.3) is 0 Å². The van der Waals surface area contributed by atoms with Crippen molar-refractivity contribution in [1.82, 2.24) is 14.9 Å². The van der Waals surface area contributed by atoms with E-state index < -0.39 is 27.9 Å². The molecule has 0 radical (unpaired) electrons. The van der Waals surface area contributed by atoms with Crippen molar-refractivity contribution < 1.29 is 23.1 Å². The van der Waals surface area contributed by atoms with Crippen LogP contribution in [-0.4, -0.2) is 50.6 Å². The number of carboxylic acids is 1. The van der Waals surface area contributed by atoms with Crippen molar-refractivity contribution in [1.29, 1.82) is 0 Å². The van der Waals surface area contributed by atoms with Gasteiger partial charge in [0.05, 0.1) is 10.8 Å². The Morgan fingerprint density at radius 3 is 2.33 bits per heavy atom. The van der Waals surface area contributed by atoms with Gasteiger partial charge in [-0.3, -0.25) is 4.79 Å². The number of aliphatic carboxylic acids is 1. The molecule has 0 heterocycles. The molecule has 1 rings (SSSR count). The number of urea groups is 1. The van der Waals surface area contributed by atoms with Crippen molar-refractivity contribution in [2.75, 3.05) is 20.1 Å². The van der Waals surface area contributed by atoms with Crippen LogP contribution in [0.15, 0.2) is 29.2 Å². The summed E-state index contributed by atoms with van der Waals surface area (Å²) >= 11 is 0. The highest BCUT2D eigenvalue weighted by atomic mass is 32.2. The Morgan fingerprint density at radius 1 is 1.25 bits per heavy atom. The van der Waals surface area contributed by atoms with Crippen LogP contribution in [-0.2, 0) is 21.4 Å². The number of carbonyl (C=O) groups excluding carboxylic acids is 1. The van der Waals surface area contributed by atoms with E-state index in [-0.39, 0.29) is 18.0 Å². The van der Waals surface area contributed by atoms with E-state index in [1.165, 1.54) is 31.0 Å². The number of carbonyl (C=O) groups is 2. The molecule has 1 atom stereocenters. The van der Waals surface area contributed by atoms with Gasteiger partial charge in [0, 0.05) is 26.7 Å². The zero-order valence-electron chi connectivity index (χ0n) is 13.9. The monoisotopic (exact) mass is 357 g/mol. The quantitative estimate of drug-likeness (QED) is 0.638. The molecular formula is C15H23N3O5S. The highest BCUT2D eigenvalue weighted by Crippen LogP contribution is 2.10. The average molecular weight is 357 g/mol. The molecule has 8 nitrogen and oxygen atoms in total. The van der Waals surface area contributed by atoms with Crippen LogP contribution < -0.4 is 10.0 Å². The topological polar surface area (TPSA) is 116 Å². The first-order chi connectivity index (χ1) is 11.2. The van der Waals surface area contributed by atoms with Crippen LogP contribution in [0.1, 0.15) is 19.4 Å². The molecule has 0 spiro atoms. The Hall–Kier alpha value is -2.13. The minimum absolute atomic E-state index is 0.0982. The second kappa shape index (κ2) is 8.65. The van der Waals surface area contributed by atoms with Gasteiger partial charge in [0.2, 0.25) is 10.0 Å². The Balaban J connectivity index is 2.59. The molecule has 24 heavy (non-hydrogen) atoms. The molecular weight excluding hydrogens is 334 g/mol. The van der Waals surface area contributed by atoms with Crippen LogP contribution >= 0.6 is 0 Å². The lowest BCUT2D eigenvalue weighted by molar-refractivity contribution is -0.141. The number of nitrogens with zero attached hydrogens (tertiary/aromatic N) is 1. The van der Waals surface area contributed by atoms with Crippen molar-refractivity contribution in [3.63, 3.8) is 0 Å². The first-order valence-electron chi connectivity index (χ1n) is 7.47. The number of sulfonamides is 1. The molecule has 1 aromatic rings. The molecule has 9 heteroatoms. The second-order valence-electron chi connectivity index (χ2n) is 5.42. The van der Waals surface area contributed by atoms with E-state index in [2.05, 4.69) is 10.0 Å². The van der Waals surface area contributed by atoms with Crippen LogP contribution in [0.3, 0.4) is 0 Å². The lowest BCUT2D eigenvalue weighted by Gasteiger charge is -2.20. The van der Waals surface area contributed by atoms with Crippen LogP contribution in [0.4, 0.5) is 4.79 Å². The molecule has 0 bridgehead atoms. The fourth-order valence-electron chi connectivity index (χ4n) is 1.94. The van der Waals surface area contributed by atoms with Crippen molar-refractivity contribution in [3.05, 3.63) is 29.8 Å². The third kappa shape index (κ3) is 5.82. The maximum absolute atomic E-state index is 11.9. The summed E-state index contributed by atoms with van der Waals surface area (Å²) in [5.41, 5.74) is 0.735. The highest BCUT2D eigenvalue weighted by molar-refractivity contribution is 7.89. The van der Waals surface area contributed by atoms with Gasteiger partial charge in [-0.2, -0.15) is 0 Å². The summed E-state index contributed by atoms with van der Waals surface area (Å²) in [5.74, 6) is -1.62. The van der Waals surface area contributed by atoms with E-state index in [0.29, 0.717) is 6.54 Å². The third-order valence-corrected chi connectivity index (χ3v) is 4.89. The Labute approximate surface area is 141 Å². The first kappa shape index (κ1) is 19.9. The molecule has 1 aromatic carbocycles. The van der Waals surface area contributed by atoms with Crippen molar-refractivity contribution in [2.24, 2.45) is 5.92 Å². The van der Waals surface area contributed by atoms with Gasteiger partial charge >= 0.3 is 12.0 Å². The zero-order chi connectivity index (χ0) is 18.3. The fourth-order valence-corrected chi connectivity index (χ4v) is 2.99. The van der Waals surface area contributed by atoms with E-state index in [1.807, 2.05) is 0 Å². The number of hydrogen-bond acceptors (Lipinski definition) is 4. The van der Waals surface area contributed by atoms with E-state index in [4.69, 9.17) is 5.11 Å². The van der Waals surface area contributed by atoms with Crippen LogP contribution in [0.5, 0.6) is 0 Å². The molecule has 0 aromatic heterocycles. The molecule has 0 aliphatic heterocycles. The van der Waals surface area contributed by atoms with Gasteiger partial charge in [0.15, 0.2) is 0 Å². The third-order valence-electron chi connectivity index (χ3n) is 3.33. The van der Waals surface area contributed by atoms with Gasteiger partial charge in [-0.15, -0.1) is 0 Å². The van der Waals surface area contributed by atoms with Gasteiger partial charge in [-0.05, 0) is 17.7 Å². The minimum Gasteiger partial charge on any atom is -0.481 e. The Morgan fingerprint density at radius 2 is 1.83 bits per heavy atom. The lowest BCUT2D eigenvalue weighted by Crippen LogP contribution is -2.40. The van der Waals surface area contributed by atoms with Gasteiger partial charge in [-0.25, -0.2) is 17.9 Å². The van der Waals surface area contributed by atoms with E-state index in [1.54, 1.807) is 19.1 Å². The number of nitrogens with one attached hydrogen (secondary N) is 2. The van der Waals surface area contributed by atoms with Crippen molar-refractivity contribution >= 4 is 22.0 Å². The minimum atomic E-state index is -3.49. The Bertz CT molecular complexity index is 673. The molecule has 3 N–H and O–H groups in total. The maximum atomic E-state index is 11.9. The molecule has 0 aliphatic rings. The predicted octanol–water partition coefficient (Wildman–Crippen LogP) is 0.847. The molecule has 1 unspecified atom stereocenters. The van der Waals surface area contributed by atoms with Gasteiger partial charge in [0.1, 0.15) is 0 Å². The number of carboxylic acid groups (broad SMARTS) is 1. The number of amides is 2. The Kier molecular flexibility index (Phi) is 7.18. The molecule has 0 aliphatic carbocycles. The summed E-state index contributed by atoms with van der Waals surface area (Å²) in [4.78, 5) is 24.1. The summed E-state index contributed by atoms with van der Waals surface area (Å²) in [7, 11) is -1.98. The predicted molar refractivity (Wildman–Crippen MR) is 89.0 cm³/mol. The smallest absolute Gasteiger partial charge is 0.317 e. The molecule has 0 saturated carbocycles. The zero-order valence-corrected chi connectivity index (χ0v) is 14.8. The summed E-state index contributed by atoms with van der Waals surface area (Å²) in [6, 6.07) is 5.77. The standard InChI is InChI=1S/C15H23N3O5S/c1-4-17-24(22,23)13-7-5-12(6-8-13)9-16-15(21)18(3)10-11(2)14(19)20/h5-8,11,17H,4,9-10H2,1-3H3,(H,16,21)(H,19,20). The largest absolute Gasteiger partial charge is 0.481 e. The van der Waals surface area contributed by atoms with Gasteiger partial charge < -0.3 is 15.3 Å². The molecule has 0 fully saturated rings. The van der Waals surface area contributed by atoms with Crippen LogP contribution in [0, 0.1) is 5.92 Å². The number of rotatable bonds is 8. The average Bonchev–Trinajstić information content (AvgIpc) is 2.52. The highest BCUT2D eigenvalue weighted by Gasteiger charge is 2.17. The summed E-state index contributed by atoms with van der Waals surface area (Å²) < 4.78 is 26.0. The van der Waals surface area contributed by atoms with E-state index in [0.717, 1.165) is 5.56 Å². The van der Waals surface area contributed by atoms with Crippen LogP contribution in [0.2, 0.25) is 0 Å². The lowest BCUT2D eigenvalue weighted by atomic mass is 10.2.